The Kier molecular flexibility index (Phi) is 4.49. The average Bonchev–Trinajstić information content (AvgIpc) is 2.99. The Morgan fingerprint density at radius 2 is 1.87 bits per heavy atom. The first-order valence-electron chi connectivity index (χ1n) is 6.65. The number of hydrogen-bond acceptors (Lipinski definition) is 3. The molecule has 0 saturated heterocycles. The first-order chi connectivity index (χ1) is 11.1. The normalized spacial score (nSPS) is 10.5. The third kappa shape index (κ3) is 3.30. The maximum absolute atomic E-state index is 12.5. The second-order valence-corrected chi connectivity index (χ2v) is 6.47. The molecule has 0 unspecified atom stereocenters. The number of benzene rings is 2. The highest BCUT2D eigenvalue weighted by Crippen LogP contribution is 2.32. The standard InChI is InChI=1S/C16H11Br2N3O2/c17-10-8-12(15(22)13(18)9-10)16(23)20-14-6-7-19-21(14)11-4-2-1-3-5-11/h1-9,22H,(H,20,23). The second kappa shape index (κ2) is 6.55. The molecule has 23 heavy (non-hydrogen) atoms. The fourth-order valence-corrected chi connectivity index (χ4v) is 3.32. The summed E-state index contributed by atoms with van der Waals surface area (Å²) < 4.78 is 2.74. The van der Waals surface area contributed by atoms with Crippen LogP contribution in [-0.4, -0.2) is 20.8 Å². The number of aromatic nitrogens is 2. The number of phenolic OH excluding ortho intramolecular Hbond substituents is 1. The van der Waals surface area contributed by atoms with Crippen LogP contribution < -0.4 is 5.32 Å². The lowest BCUT2D eigenvalue weighted by molar-refractivity contribution is 0.102. The number of para-hydroxylation sites is 1. The van der Waals surface area contributed by atoms with Crippen molar-refractivity contribution in [2.24, 2.45) is 0 Å². The van der Waals surface area contributed by atoms with Crippen LogP contribution in [0, 0.1) is 0 Å². The molecule has 1 aromatic heterocycles. The Hall–Kier alpha value is -2.12. The Morgan fingerprint density at radius 3 is 2.61 bits per heavy atom. The molecule has 1 heterocycles. The van der Waals surface area contributed by atoms with Crippen molar-refractivity contribution >= 4 is 43.6 Å². The van der Waals surface area contributed by atoms with Crippen LogP contribution in [-0.2, 0) is 0 Å². The average molecular weight is 437 g/mol. The van der Waals surface area contributed by atoms with Crippen LogP contribution >= 0.6 is 31.9 Å². The summed E-state index contributed by atoms with van der Waals surface area (Å²) in [5.74, 6) is -0.0321. The first kappa shape index (κ1) is 15.8. The van der Waals surface area contributed by atoms with Crippen molar-refractivity contribution in [1.29, 1.82) is 0 Å². The van der Waals surface area contributed by atoms with Gasteiger partial charge in [0, 0.05) is 10.5 Å². The molecule has 3 rings (SSSR count). The quantitative estimate of drug-likeness (QED) is 0.641. The number of halogens is 2. The molecular weight excluding hydrogens is 426 g/mol. The summed E-state index contributed by atoms with van der Waals surface area (Å²) in [6.07, 6.45) is 1.60. The molecule has 7 heteroatoms. The molecule has 0 aliphatic carbocycles. The Bertz CT molecular complexity index is 863. The van der Waals surface area contributed by atoms with Gasteiger partial charge >= 0.3 is 0 Å². The molecule has 0 aliphatic rings. The van der Waals surface area contributed by atoms with Crippen LogP contribution in [0.15, 0.2) is 63.7 Å². The molecule has 0 saturated carbocycles. The minimum atomic E-state index is -0.429. The van der Waals surface area contributed by atoms with Crippen LogP contribution in [0.3, 0.4) is 0 Å². The number of amides is 1. The monoisotopic (exact) mass is 435 g/mol. The van der Waals surface area contributed by atoms with E-state index in [0.717, 1.165) is 5.69 Å². The molecule has 0 aliphatic heterocycles. The van der Waals surface area contributed by atoms with E-state index in [2.05, 4.69) is 42.3 Å². The largest absolute Gasteiger partial charge is 0.506 e. The molecule has 3 aromatic rings. The van der Waals surface area contributed by atoms with Gasteiger partial charge in [0.1, 0.15) is 11.6 Å². The van der Waals surface area contributed by atoms with Crippen molar-refractivity contribution < 1.29 is 9.90 Å². The molecule has 0 bridgehead atoms. The summed E-state index contributed by atoms with van der Waals surface area (Å²) in [7, 11) is 0. The van der Waals surface area contributed by atoms with Gasteiger partial charge in [-0.15, -0.1) is 0 Å². The molecule has 0 fully saturated rings. The van der Waals surface area contributed by atoms with E-state index in [0.29, 0.717) is 14.8 Å². The first-order valence-corrected chi connectivity index (χ1v) is 8.23. The van der Waals surface area contributed by atoms with Crippen molar-refractivity contribution in [3.8, 4) is 11.4 Å². The SMILES string of the molecule is O=C(Nc1ccnn1-c1ccccc1)c1cc(Br)cc(Br)c1O. The molecule has 5 nitrogen and oxygen atoms in total. The maximum atomic E-state index is 12.5. The number of phenols is 1. The maximum Gasteiger partial charge on any atom is 0.260 e. The van der Waals surface area contributed by atoms with Gasteiger partial charge in [0.15, 0.2) is 0 Å². The summed E-state index contributed by atoms with van der Waals surface area (Å²) in [6.45, 7) is 0. The zero-order valence-electron chi connectivity index (χ0n) is 11.7. The Morgan fingerprint density at radius 1 is 1.13 bits per heavy atom. The van der Waals surface area contributed by atoms with E-state index in [4.69, 9.17) is 0 Å². The molecule has 1 amide bonds. The number of hydrogen-bond donors (Lipinski definition) is 2. The third-order valence-electron chi connectivity index (χ3n) is 3.16. The molecule has 116 valence electrons. The highest BCUT2D eigenvalue weighted by molar-refractivity contribution is 9.11. The van der Waals surface area contributed by atoms with Gasteiger partial charge in [-0.05, 0) is 40.2 Å². The van der Waals surface area contributed by atoms with Crippen LogP contribution in [0.4, 0.5) is 5.82 Å². The molecule has 2 N–H and O–H groups in total. The fraction of sp³-hybridized carbons (Fsp3) is 0. The van der Waals surface area contributed by atoms with E-state index >= 15 is 0 Å². The van der Waals surface area contributed by atoms with Gasteiger partial charge in [0.25, 0.3) is 5.91 Å². The lowest BCUT2D eigenvalue weighted by atomic mass is 10.2. The van der Waals surface area contributed by atoms with Crippen molar-refractivity contribution in [1.82, 2.24) is 9.78 Å². The van der Waals surface area contributed by atoms with Gasteiger partial charge in [0.05, 0.1) is 21.9 Å². The summed E-state index contributed by atoms with van der Waals surface area (Å²) >= 11 is 6.52. The zero-order valence-corrected chi connectivity index (χ0v) is 14.9. The van der Waals surface area contributed by atoms with Crippen molar-refractivity contribution in [3.63, 3.8) is 0 Å². The number of carbonyl (C=O) groups excluding carboxylic acids is 1. The van der Waals surface area contributed by atoms with Crippen molar-refractivity contribution in [3.05, 3.63) is 69.2 Å². The van der Waals surface area contributed by atoms with E-state index in [1.807, 2.05) is 30.3 Å². The topological polar surface area (TPSA) is 67.2 Å². The van der Waals surface area contributed by atoms with Crippen LogP contribution in [0.25, 0.3) is 5.69 Å². The van der Waals surface area contributed by atoms with E-state index in [9.17, 15) is 9.90 Å². The number of aromatic hydroxyl groups is 1. The lowest BCUT2D eigenvalue weighted by Crippen LogP contribution is -2.15. The van der Waals surface area contributed by atoms with Gasteiger partial charge in [-0.2, -0.15) is 5.10 Å². The highest BCUT2D eigenvalue weighted by atomic mass is 79.9. The minimum Gasteiger partial charge on any atom is -0.506 e. The zero-order chi connectivity index (χ0) is 16.4. The van der Waals surface area contributed by atoms with Crippen LogP contribution in [0.2, 0.25) is 0 Å². The van der Waals surface area contributed by atoms with Crippen LogP contribution in [0.5, 0.6) is 5.75 Å². The Labute approximate surface area is 149 Å². The van der Waals surface area contributed by atoms with Gasteiger partial charge in [-0.1, -0.05) is 34.1 Å². The molecule has 0 radical (unpaired) electrons. The summed E-state index contributed by atoms with van der Waals surface area (Å²) in [4.78, 5) is 12.5. The number of anilines is 1. The fourth-order valence-electron chi connectivity index (χ4n) is 2.10. The summed E-state index contributed by atoms with van der Waals surface area (Å²) in [6, 6.07) is 14.4. The van der Waals surface area contributed by atoms with E-state index in [1.54, 1.807) is 29.1 Å². The number of carbonyl (C=O) groups is 1. The molecular formula is C16H11Br2N3O2. The predicted octanol–water partition coefficient (Wildman–Crippen LogP) is 4.36. The number of nitrogens with zero attached hydrogens (tertiary/aromatic N) is 2. The van der Waals surface area contributed by atoms with E-state index in [-0.39, 0.29) is 11.3 Å². The highest BCUT2D eigenvalue weighted by Gasteiger charge is 2.17. The smallest absolute Gasteiger partial charge is 0.260 e. The Balaban J connectivity index is 1.92. The molecule has 0 atom stereocenters. The van der Waals surface area contributed by atoms with Gasteiger partial charge in [0.2, 0.25) is 0 Å². The van der Waals surface area contributed by atoms with E-state index in [1.165, 1.54) is 0 Å². The van der Waals surface area contributed by atoms with E-state index < -0.39 is 5.91 Å². The number of nitrogens with one attached hydrogen (secondary N) is 1. The molecule has 0 spiro atoms. The summed E-state index contributed by atoms with van der Waals surface area (Å²) in [5, 5.41) is 17.0. The van der Waals surface area contributed by atoms with Crippen LogP contribution in [0.1, 0.15) is 10.4 Å². The third-order valence-corrected chi connectivity index (χ3v) is 4.22. The number of rotatable bonds is 3. The van der Waals surface area contributed by atoms with Gasteiger partial charge in [-0.3, -0.25) is 4.79 Å². The molecule has 2 aromatic carbocycles. The van der Waals surface area contributed by atoms with Crippen molar-refractivity contribution in [2.45, 2.75) is 0 Å². The van der Waals surface area contributed by atoms with Gasteiger partial charge < -0.3 is 10.4 Å². The van der Waals surface area contributed by atoms with Gasteiger partial charge in [-0.25, -0.2) is 4.68 Å². The second-order valence-electron chi connectivity index (χ2n) is 4.70. The predicted molar refractivity (Wildman–Crippen MR) is 95.0 cm³/mol. The lowest BCUT2D eigenvalue weighted by Gasteiger charge is -2.11. The van der Waals surface area contributed by atoms with Crippen molar-refractivity contribution in [2.75, 3.05) is 5.32 Å². The minimum absolute atomic E-state index is 0.114. The summed E-state index contributed by atoms with van der Waals surface area (Å²) in [5.41, 5.74) is 0.986.